The Kier molecular flexibility index (Phi) is 6.60. The molecule has 0 fully saturated rings. The van der Waals surface area contributed by atoms with Gasteiger partial charge in [0.2, 0.25) is 0 Å². The van der Waals surface area contributed by atoms with Gasteiger partial charge in [0.25, 0.3) is 0 Å². The minimum absolute atomic E-state index is 0.242. The van der Waals surface area contributed by atoms with Gasteiger partial charge in [-0.05, 0) is 55.5 Å². The molecule has 3 aromatic rings. The van der Waals surface area contributed by atoms with E-state index >= 15 is 0 Å². The van der Waals surface area contributed by atoms with Gasteiger partial charge in [0.1, 0.15) is 17.1 Å². The molecule has 3 aromatic carbocycles. The van der Waals surface area contributed by atoms with Crippen molar-refractivity contribution in [1.82, 2.24) is 0 Å². The first-order chi connectivity index (χ1) is 14.5. The largest absolute Gasteiger partial charge is 0.496 e. The van der Waals surface area contributed by atoms with E-state index in [1.54, 1.807) is 36.4 Å². The van der Waals surface area contributed by atoms with Crippen LogP contribution in [-0.2, 0) is 4.74 Å². The Morgan fingerprint density at radius 2 is 1.40 bits per heavy atom. The molecule has 6 heteroatoms. The molecule has 0 spiro atoms. The van der Waals surface area contributed by atoms with E-state index < -0.39 is 18.5 Å². The van der Waals surface area contributed by atoms with Crippen molar-refractivity contribution < 1.29 is 28.6 Å². The normalized spacial score (nSPS) is 10.2. The van der Waals surface area contributed by atoms with Crippen LogP contribution in [0.25, 0.3) is 0 Å². The van der Waals surface area contributed by atoms with Gasteiger partial charge in [0, 0.05) is 5.56 Å². The predicted octanol–water partition coefficient (Wildman–Crippen LogP) is 4.26. The van der Waals surface area contributed by atoms with E-state index in [4.69, 9.17) is 14.2 Å². The summed E-state index contributed by atoms with van der Waals surface area (Å²) in [5.41, 5.74) is 2.05. The fourth-order valence-corrected chi connectivity index (χ4v) is 2.67. The topological polar surface area (TPSA) is 78.9 Å². The maximum Gasteiger partial charge on any atom is 0.343 e. The number of carbonyl (C=O) groups is 3. The number of methoxy groups -OCH3 is 1. The summed E-state index contributed by atoms with van der Waals surface area (Å²) in [6.45, 7) is 1.51. The van der Waals surface area contributed by atoms with Crippen molar-refractivity contribution in [2.24, 2.45) is 0 Å². The molecule has 0 N–H and O–H groups in total. The van der Waals surface area contributed by atoms with Crippen LogP contribution in [0.5, 0.6) is 11.5 Å². The molecule has 0 atom stereocenters. The molecule has 6 nitrogen and oxygen atoms in total. The molecule has 0 saturated carbocycles. The summed E-state index contributed by atoms with van der Waals surface area (Å²) in [7, 11) is 1.45. The van der Waals surface area contributed by atoms with E-state index in [9.17, 15) is 14.4 Å². The maximum absolute atomic E-state index is 12.3. The molecular weight excluding hydrogens is 384 g/mol. The van der Waals surface area contributed by atoms with Crippen LogP contribution in [0, 0.1) is 6.92 Å². The Labute approximate surface area is 174 Å². The minimum atomic E-state index is -0.649. The van der Waals surface area contributed by atoms with E-state index in [0.717, 1.165) is 5.56 Å². The molecule has 3 rings (SSSR count). The Bertz CT molecular complexity index is 1050. The summed E-state index contributed by atoms with van der Waals surface area (Å²) in [6.07, 6.45) is 0. The van der Waals surface area contributed by atoms with Gasteiger partial charge in [0.05, 0.1) is 12.7 Å². The highest BCUT2D eigenvalue weighted by molar-refractivity contribution is 6.00. The highest BCUT2D eigenvalue weighted by Gasteiger charge is 2.16. The summed E-state index contributed by atoms with van der Waals surface area (Å²) < 4.78 is 15.5. The SMILES string of the molecule is COc1ccccc1C(=O)OCC(=O)c1ccc(OC(=O)c2ccc(C)cc2)cc1. The summed E-state index contributed by atoms with van der Waals surface area (Å²) in [4.78, 5) is 36.6. The molecule has 0 unspecified atom stereocenters. The Hall–Kier alpha value is -3.93. The average Bonchev–Trinajstić information content (AvgIpc) is 2.78. The molecule has 0 aromatic heterocycles. The number of benzene rings is 3. The molecule has 152 valence electrons. The molecule has 0 amide bonds. The van der Waals surface area contributed by atoms with Crippen molar-refractivity contribution in [1.29, 1.82) is 0 Å². The number of ketones is 1. The van der Waals surface area contributed by atoms with Crippen molar-refractivity contribution in [2.75, 3.05) is 13.7 Å². The number of para-hydroxylation sites is 1. The number of esters is 2. The summed E-state index contributed by atoms with van der Waals surface area (Å²) >= 11 is 0. The van der Waals surface area contributed by atoms with Crippen LogP contribution in [0.15, 0.2) is 72.8 Å². The van der Waals surface area contributed by atoms with E-state index in [0.29, 0.717) is 22.6 Å². The van der Waals surface area contributed by atoms with Gasteiger partial charge in [-0.1, -0.05) is 29.8 Å². The first-order valence-electron chi connectivity index (χ1n) is 9.20. The number of carbonyl (C=O) groups excluding carboxylic acids is 3. The van der Waals surface area contributed by atoms with E-state index in [2.05, 4.69) is 0 Å². The van der Waals surface area contributed by atoms with Gasteiger partial charge in [-0.15, -0.1) is 0 Å². The third-order valence-corrected chi connectivity index (χ3v) is 4.34. The standard InChI is InChI=1S/C24H20O6/c1-16-7-9-18(10-8-16)23(26)30-19-13-11-17(12-14-19)21(25)15-29-24(27)20-5-3-4-6-22(20)28-2/h3-14H,15H2,1-2H3. The number of ether oxygens (including phenoxy) is 3. The van der Waals surface area contributed by atoms with Crippen molar-refractivity contribution >= 4 is 17.7 Å². The van der Waals surface area contributed by atoms with Crippen LogP contribution in [0.3, 0.4) is 0 Å². The zero-order chi connectivity index (χ0) is 21.5. The van der Waals surface area contributed by atoms with Crippen LogP contribution in [0.4, 0.5) is 0 Å². The van der Waals surface area contributed by atoms with Gasteiger partial charge in [-0.25, -0.2) is 9.59 Å². The highest BCUT2D eigenvalue weighted by Crippen LogP contribution is 2.19. The van der Waals surface area contributed by atoms with Gasteiger partial charge in [0.15, 0.2) is 12.4 Å². The lowest BCUT2D eigenvalue weighted by molar-refractivity contribution is 0.0471. The minimum Gasteiger partial charge on any atom is -0.496 e. The number of Topliss-reactive ketones (excluding diaryl/α,β-unsaturated/α-hetero) is 1. The summed E-state index contributed by atoms with van der Waals surface area (Å²) in [5.74, 6) is -0.836. The van der Waals surface area contributed by atoms with Gasteiger partial charge in [-0.2, -0.15) is 0 Å². The Morgan fingerprint density at radius 3 is 2.07 bits per heavy atom. The quantitative estimate of drug-likeness (QED) is 0.333. The number of hydrogen-bond acceptors (Lipinski definition) is 6. The number of hydrogen-bond donors (Lipinski definition) is 0. The van der Waals surface area contributed by atoms with Crippen LogP contribution < -0.4 is 9.47 Å². The monoisotopic (exact) mass is 404 g/mol. The lowest BCUT2D eigenvalue weighted by Gasteiger charge is -2.08. The molecule has 0 aliphatic carbocycles. The zero-order valence-electron chi connectivity index (χ0n) is 16.6. The maximum atomic E-state index is 12.3. The molecular formula is C24H20O6. The van der Waals surface area contributed by atoms with Gasteiger partial charge < -0.3 is 14.2 Å². The van der Waals surface area contributed by atoms with Crippen LogP contribution in [0.1, 0.15) is 36.6 Å². The lowest BCUT2D eigenvalue weighted by Crippen LogP contribution is -2.15. The highest BCUT2D eigenvalue weighted by atomic mass is 16.5. The molecule has 30 heavy (non-hydrogen) atoms. The predicted molar refractivity (Wildman–Crippen MR) is 110 cm³/mol. The second kappa shape index (κ2) is 9.52. The second-order valence-corrected chi connectivity index (χ2v) is 6.48. The molecule has 0 saturated heterocycles. The Morgan fingerprint density at radius 1 is 0.767 bits per heavy atom. The lowest BCUT2D eigenvalue weighted by atomic mass is 10.1. The second-order valence-electron chi connectivity index (χ2n) is 6.48. The average molecular weight is 404 g/mol. The summed E-state index contributed by atoms with van der Waals surface area (Å²) in [6, 6.07) is 19.7. The molecule has 0 aliphatic heterocycles. The molecule has 0 aliphatic rings. The van der Waals surface area contributed by atoms with Crippen molar-refractivity contribution in [3.63, 3.8) is 0 Å². The van der Waals surface area contributed by atoms with Crippen LogP contribution in [0.2, 0.25) is 0 Å². The van der Waals surface area contributed by atoms with E-state index in [1.165, 1.54) is 31.4 Å². The number of aryl methyl sites for hydroxylation is 1. The fourth-order valence-electron chi connectivity index (χ4n) is 2.67. The van der Waals surface area contributed by atoms with Gasteiger partial charge >= 0.3 is 11.9 Å². The fraction of sp³-hybridized carbons (Fsp3) is 0.125. The third-order valence-electron chi connectivity index (χ3n) is 4.34. The van der Waals surface area contributed by atoms with E-state index in [-0.39, 0.29) is 11.3 Å². The van der Waals surface area contributed by atoms with E-state index in [1.807, 2.05) is 19.1 Å². The third kappa shape index (κ3) is 5.11. The first kappa shape index (κ1) is 20.8. The Balaban J connectivity index is 1.57. The summed E-state index contributed by atoms with van der Waals surface area (Å²) in [5, 5.41) is 0. The van der Waals surface area contributed by atoms with Crippen LogP contribution in [-0.4, -0.2) is 31.4 Å². The smallest absolute Gasteiger partial charge is 0.343 e. The molecule has 0 radical (unpaired) electrons. The molecule has 0 bridgehead atoms. The molecule has 0 heterocycles. The van der Waals surface area contributed by atoms with Crippen LogP contribution >= 0.6 is 0 Å². The first-order valence-corrected chi connectivity index (χ1v) is 9.20. The number of rotatable bonds is 7. The van der Waals surface area contributed by atoms with Crippen molar-refractivity contribution in [2.45, 2.75) is 6.92 Å². The van der Waals surface area contributed by atoms with Crippen molar-refractivity contribution in [3.05, 3.63) is 95.1 Å². The van der Waals surface area contributed by atoms with Gasteiger partial charge in [-0.3, -0.25) is 4.79 Å². The zero-order valence-corrected chi connectivity index (χ0v) is 16.6. The van der Waals surface area contributed by atoms with Crippen molar-refractivity contribution in [3.8, 4) is 11.5 Å².